The normalized spacial score (nSPS) is 22.3. The predicted molar refractivity (Wildman–Crippen MR) is 126 cm³/mol. The fraction of sp³-hybridized carbons (Fsp3) is 0.385. The lowest BCUT2D eigenvalue weighted by Crippen LogP contribution is -2.48. The van der Waals surface area contributed by atoms with Crippen molar-refractivity contribution in [1.82, 2.24) is 14.5 Å². The minimum Gasteiger partial charge on any atom is -0.207 e. The molecule has 10 heteroatoms. The third kappa shape index (κ3) is 3.41. The van der Waals surface area contributed by atoms with E-state index in [2.05, 4.69) is 10.2 Å². The van der Waals surface area contributed by atoms with Gasteiger partial charge in [0.2, 0.25) is 10.0 Å². The van der Waals surface area contributed by atoms with Crippen LogP contribution < -0.4 is 0 Å². The number of benzene rings is 2. The summed E-state index contributed by atoms with van der Waals surface area (Å²) in [7, 11) is -4.37. The Morgan fingerprint density at radius 3 is 2.36 bits per heavy atom. The van der Waals surface area contributed by atoms with Crippen molar-refractivity contribution < 1.29 is 26.0 Å². The zero-order chi connectivity index (χ0) is 26.0. The molecule has 190 valence electrons. The van der Waals surface area contributed by atoms with Crippen molar-refractivity contribution >= 4 is 10.0 Å². The van der Waals surface area contributed by atoms with Gasteiger partial charge in [-0.1, -0.05) is 26.8 Å². The number of likely N-dealkylation sites (N-methyl/N-ethyl adjacent to an activating group) is 1. The monoisotopic (exact) mass is 519 g/mol. The highest BCUT2D eigenvalue weighted by Gasteiger charge is 2.64. The molecule has 0 N–H and O–H groups in total. The van der Waals surface area contributed by atoms with Gasteiger partial charge in [-0.15, -0.1) is 0 Å². The van der Waals surface area contributed by atoms with Crippen LogP contribution in [0.4, 0.5) is 17.6 Å². The predicted octanol–water partition coefficient (Wildman–Crippen LogP) is 5.57. The zero-order valence-corrected chi connectivity index (χ0v) is 20.8. The number of hydrogen-bond acceptors (Lipinski definition) is 4. The molecule has 2 atom stereocenters. The molecule has 1 heterocycles. The van der Waals surface area contributed by atoms with Gasteiger partial charge in [0.15, 0.2) is 0 Å². The lowest BCUT2D eigenvalue weighted by Gasteiger charge is -2.41. The Kier molecular flexibility index (Phi) is 5.75. The highest BCUT2D eigenvalue weighted by atomic mass is 32.2. The molecule has 3 aromatic rings. The number of sulfonamides is 1. The lowest BCUT2D eigenvalue weighted by atomic mass is 9.68. The average Bonchev–Trinajstić information content (AvgIpc) is 3.18. The smallest absolute Gasteiger partial charge is 0.207 e. The van der Waals surface area contributed by atoms with Crippen molar-refractivity contribution in [2.75, 3.05) is 13.1 Å². The summed E-state index contributed by atoms with van der Waals surface area (Å²) in [6, 6.07) is 7.58. The fourth-order valence-corrected chi connectivity index (χ4v) is 7.71. The summed E-state index contributed by atoms with van der Waals surface area (Å²) in [5.41, 5.74) is -0.0627. The summed E-state index contributed by atoms with van der Waals surface area (Å²) in [6.45, 7) is 5.68. The molecule has 1 fully saturated rings. The molecule has 0 unspecified atom stereocenters. The van der Waals surface area contributed by atoms with Gasteiger partial charge in [0, 0.05) is 18.5 Å². The van der Waals surface area contributed by atoms with Crippen molar-refractivity contribution in [1.29, 1.82) is 0 Å². The first-order valence-electron chi connectivity index (χ1n) is 11.7. The summed E-state index contributed by atoms with van der Waals surface area (Å²) < 4.78 is 85.2. The van der Waals surface area contributed by atoms with Crippen molar-refractivity contribution in [3.05, 3.63) is 77.0 Å². The van der Waals surface area contributed by atoms with Crippen LogP contribution in [0.25, 0.3) is 11.3 Å². The summed E-state index contributed by atoms with van der Waals surface area (Å²) in [5, 5.41) is 8.55. The van der Waals surface area contributed by atoms with Crippen LogP contribution in [0.15, 0.2) is 47.4 Å². The van der Waals surface area contributed by atoms with Crippen LogP contribution in [0.3, 0.4) is 0 Å². The second-order valence-corrected chi connectivity index (χ2v) is 11.9. The van der Waals surface area contributed by atoms with Crippen molar-refractivity contribution in [2.24, 2.45) is 5.41 Å². The minimum absolute atomic E-state index is 0.0135. The fourth-order valence-electron chi connectivity index (χ4n) is 6.12. The van der Waals surface area contributed by atoms with Crippen molar-refractivity contribution in [3.63, 3.8) is 0 Å². The van der Waals surface area contributed by atoms with Gasteiger partial charge in [0.25, 0.3) is 0 Å². The van der Waals surface area contributed by atoms with Gasteiger partial charge in [-0.05, 0) is 66.1 Å². The van der Waals surface area contributed by atoms with Crippen molar-refractivity contribution in [3.8, 4) is 11.3 Å². The minimum atomic E-state index is -4.37. The van der Waals surface area contributed by atoms with Crippen LogP contribution in [-0.4, -0.2) is 36.0 Å². The van der Waals surface area contributed by atoms with Crippen LogP contribution >= 0.6 is 0 Å². The number of halogens is 4. The van der Waals surface area contributed by atoms with Gasteiger partial charge < -0.3 is 0 Å². The molecule has 2 aliphatic rings. The van der Waals surface area contributed by atoms with E-state index in [1.165, 1.54) is 6.07 Å². The number of fused-ring (bicyclic) bond motifs is 5. The van der Waals surface area contributed by atoms with E-state index < -0.39 is 49.0 Å². The first-order chi connectivity index (χ1) is 16.9. The SMILES string of the molecule is CCN(C[C@@]12CC[C@@H](c3cc(-c4c(F)cccc4F)nnc31)C2(C)C)S(=O)(=O)c1cc(F)ccc1F. The van der Waals surface area contributed by atoms with Crippen LogP contribution in [0, 0.1) is 28.7 Å². The van der Waals surface area contributed by atoms with Crippen LogP contribution in [-0.2, 0) is 15.4 Å². The Morgan fingerprint density at radius 1 is 1.00 bits per heavy atom. The third-order valence-corrected chi connectivity index (χ3v) is 10.1. The Labute approximate surface area is 207 Å². The standard InChI is InChI=1S/C26H25F4N3O2S/c1-4-33(36(34,35)22-12-15(27)8-9-18(22)28)14-26-11-10-17(25(26,2)3)16-13-21(31-32-24(16)26)23-19(29)6-5-7-20(23)30/h5-9,12-13,17H,4,10-11,14H2,1-3H3/t17-,26-/m0/s1. The van der Waals surface area contributed by atoms with E-state index in [1.54, 1.807) is 13.0 Å². The maximum absolute atomic E-state index is 14.5. The molecule has 2 aliphatic carbocycles. The number of nitrogens with zero attached hydrogens (tertiary/aromatic N) is 3. The number of aromatic nitrogens is 2. The highest BCUT2D eigenvalue weighted by Crippen LogP contribution is 2.67. The average molecular weight is 520 g/mol. The van der Waals surface area contributed by atoms with E-state index in [4.69, 9.17) is 0 Å². The maximum atomic E-state index is 14.5. The molecule has 0 amide bonds. The lowest BCUT2D eigenvalue weighted by molar-refractivity contribution is 0.169. The molecule has 36 heavy (non-hydrogen) atoms. The summed E-state index contributed by atoms with van der Waals surface area (Å²) >= 11 is 0. The Hall–Kier alpha value is -2.85. The first-order valence-corrected chi connectivity index (χ1v) is 13.2. The number of rotatable bonds is 6. The third-order valence-electron chi connectivity index (χ3n) is 8.15. The summed E-state index contributed by atoms with van der Waals surface area (Å²) in [5.74, 6) is -3.41. The molecule has 0 spiro atoms. The molecule has 2 aromatic carbocycles. The van der Waals surface area contributed by atoms with E-state index in [-0.39, 0.29) is 30.3 Å². The zero-order valence-electron chi connectivity index (χ0n) is 20.0. The van der Waals surface area contributed by atoms with Gasteiger partial charge >= 0.3 is 0 Å². The molecule has 0 radical (unpaired) electrons. The van der Waals surface area contributed by atoms with Gasteiger partial charge in [-0.2, -0.15) is 14.5 Å². The Morgan fingerprint density at radius 2 is 1.69 bits per heavy atom. The molecule has 0 saturated heterocycles. The second-order valence-electron chi connectivity index (χ2n) is 10.0. The van der Waals surface area contributed by atoms with E-state index in [1.807, 2.05) is 13.8 Å². The molecule has 0 aliphatic heterocycles. The van der Waals surface area contributed by atoms with Crippen LogP contribution in [0.5, 0.6) is 0 Å². The van der Waals surface area contributed by atoms with E-state index >= 15 is 0 Å². The number of hydrogen-bond donors (Lipinski definition) is 0. The van der Waals surface area contributed by atoms with Gasteiger partial charge in [0.1, 0.15) is 28.2 Å². The first kappa shape index (κ1) is 24.8. The van der Waals surface area contributed by atoms with Gasteiger partial charge in [0.05, 0.1) is 17.0 Å². The summed E-state index contributed by atoms with van der Waals surface area (Å²) in [4.78, 5) is -0.720. The van der Waals surface area contributed by atoms with E-state index in [9.17, 15) is 26.0 Å². The summed E-state index contributed by atoms with van der Waals surface area (Å²) in [6.07, 6.45) is 1.33. The van der Waals surface area contributed by atoms with Gasteiger partial charge in [-0.25, -0.2) is 26.0 Å². The molecular weight excluding hydrogens is 494 g/mol. The van der Waals surface area contributed by atoms with Crippen LogP contribution in [0.2, 0.25) is 0 Å². The van der Waals surface area contributed by atoms with Crippen molar-refractivity contribution in [2.45, 2.75) is 49.8 Å². The molecule has 1 saturated carbocycles. The van der Waals surface area contributed by atoms with E-state index in [0.29, 0.717) is 18.2 Å². The molecule has 5 rings (SSSR count). The van der Waals surface area contributed by atoms with Gasteiger partial charge in [-0.3, -0.25) is 0 Å². The quantitative estimate of drug-likeness (QED) is 0.400. The van der Waals surface area contributed by atoms with Crippen LogP contribution in [0.1, 0.15) is 50.8 Å². The Bertz CT molecular complexity index is 1460. The highest BCUT2D eigenvalue weighted by molar-refractivity contribution is 7.89. The second kappa shape index (κ2) is 8.34. The maximum Gasteiger partial charge on any atom is 0.246 e. The molecule has 1 aromatic heterocycles. The molecular formula is C26H25F4N3O2S. The van der Waals surface area contributed by atoms with E-state index in [0.717, 1.165) is 40.6 Å². The molecule has 2 bridgehead atoms. The largest absolute Gasteiger partial charge is 0.246 e. The Balaban J connectivity index is 1.60. The topological polar surface area (TPSA) is 63.2 Å². The molecule has 5 nitrogen and oxygen atoms in total.